The Labute approximate surface area is 179 Å². The number of ether oxygens (including phenoxy) is 3. The zero-order valence-corrected chi connectivity index (χ0v) is 18.1. The van der Waals surface area contributed by atoms with Crippen LogP contribution < -0.4 is 19.7 Å². The number of benzene rings is 2. The van der Waals surface area contributed by atoms with Crippen molar-refractivity contribution in [3.63, 3.8) is 0 Å². The van der Waals surface area contributed by atoms with Gasteiger partial charge < -0.3 is 29.3 Å². The highest BCUT2D eigenvalue weighted by Crippen LogP contribution is 2.20. The van der Waals surface area contributed by atoms with Crippen molar-refractivity contribution in [1.82, 2.24) is 10.2 Å². The first-order chi connectivity index (χ1) is 14.7. The molecule has 2 aromatic rings. The third-order valence-corrected chi connectivity index (χ3v) is 5.21. The fourth-order valence-electron chi connectivity index (χ4n) is 3.54. The van der Waals surface area contributed by atoms with Gasteiger partial charge in [0.25, 0.3) is 0 Å². The first kappa shape index (κ1) is 21.8. The van der Waals surface area contributed by atoms with Gasteiger partial charge in [-0.2, -0.15) is 0 Å². The second-order valence-corrected chi connectivity index (χ2v) is 7.01. The minimum atomic E-state index is 0.533. The van der Waals surface area contributed by atoms with Crippen molar-refractivity contribution in [2.24, 2.45) is 4.99 Å². The molecule has 1 N–H and O–H groups in total. The summed E-state index contributed by atoms with van der Waals surface area (Å²) in [7, 11) is 5.20. The van der Waals surface area contributed by atoms with Crippen LogP contribution in [0.1, 0.15) is 5.56 Å². The van der Waals surface area contributed by atoms with Gasteiger partial charge in [-0.25, -0.2) is 0 Å². The van der Waals surface area contributed by atoms with Crippen LogP contribution in [0.4, 0.5) is 5.69 Å². The first-order valence-corrected chi connectivity index (χ1v) is 10.3. The fraction of sp³-hybridized carbons (Fsp3) is 0.435. The Kier molecular flexibility index (Phi) is 8.20. The van der Waals surface area contributed by atoms with Gasteiger partial charge in [-0.3, -0.25) is 4.99 Å². The number of hydrogen-bond acceptors (Lipinski definition) is 5. The summed E-state index contributed by atoms with van der Waals surface area (Å²) >= 11 is 0. The SMILES string of the molecule is CN=C(NCCOCc1ccccc1OC)N1CCN(c2ccc(OC)cc2)CC1. The van der Waals surface area contributed by atoms with Crippen molar-refractivity contribution in [2.75, 3.05) is 65.5 Å². The Morgan fingerprint density at radius 1 is 0.967 bits per heavy atom. The molecule has 0 unspecified atom stereocenters. The van der Waals surface area contributed by atoms with Crippen molar-refractivity contribution in [2.45, 2.75) is 6.61 Å². The van der Waals surface area contributed by atoms with E-state index in [2.05, 4.69) is 32.2 Å². The summed E-state index contributed by atoms with van der Waals surface area (Å²) < 4.78 is 16.4. The van der Waals surface area contributed by atoms with Gasteiger partial charge in [-0.15, -0.1) is 0 Å². The van der Waals surface area contributed by atoms with E-state index in [-0.39, 0.29) is 0 Å². The van der Waals surface area contributed by atoms with Crippen LogP contribution in [-0.4, -0.2) is 71.5 Å². The predicted octanol–water partition coefficient (Wildman–Crippen LogP) is 2.62. The molecule has 0 aromatic heterocycles. The molecule has 1 saturated heterocycles. The van der Waals surface area contributed by atoms with Gasteiger partial charge in [-0.1, -0.05) is 18.2 Å². The molecule has 0 atom stereocenters. The van der Waals surface area contributed by atoms with Crippen molar-refractivity contribution >= 4 is 11.6 Å². The van der Waals surface area contributed by atoms with Crippen LogP contribution >= 0.6 is 0 Å². The molecule has 0 aliphatic carbocycles. The average Bonchev–Trinajstić information content (AvgIpc) is 2.82. The maximum Gasteiger partial charge on any atom is 0.193 e. The van der Waals surface area contributed by atoms with E-state index in [1.54, 1.807) is 14.2 Å². The van der Waals surface area contributed by atoms with Crippen LogP contribution in [0.25, 0.3) is 0 Å². The lowest BCUT2D eigenvalue weighted by atomic mass is 10.2. The molecule has 0 amide bonds. The van der Waals surface area contributed by atoms with Crippen molar-refractivity contribution in [3.05, 3.63) is 54.1 Å². The van der Waals surface area contributed by atoms with Gasteiger partial charge in [0.15, 0.2) is 5.96 Å². The quantitative estimate of drug-likeness (QED) is 0.409. The summed E-state index contributed by atoms with van der Waals surface area (Å²) in [5, 5.41) is 3.41. The molecular weight excluding hydrogens is 380 g/mol. The molecule has 3 rings (SSSR count). The van der Waals surface area contributed by atoms with E-state index < -0.39 is 0 Å². The van der Waals surface area contributed by atoms with Crippen LogP contribution in [0.2, 0.25) is 0 Å². The lowest BCUT2D eigenvalue weighted by Crippen LogP contribution is -2.53. The maximum absolute atomic E-state index is 5.80. The van der Waals surface area contributed by atoms with Crippen LogP contribution in [0, 0.1) is 0 Å². The highest BCUT2D eigenvalue weighted by atomic mass is 16.5. The fourth-order valence-corrected chi connectivity index (χ4v) is 3.54. The second kappa shape index (κ2) is 11.3. The van der Waals surface area contributed by atoms with Crippen molar-refractivity contribution < 1.29 is 14.2 Å². The number of rotatable bonds is 8. The molecule has 162 valence electrons. The molecule has 0 bridgehead atoms. The number of hydrogen-bond donors (Lipinski definition) is 1. The number of nitrogens with one attached hydrogen (secondary N) is 1. The molecule has 2 aromatic carbocycles. The summed E-state index contributed by atoms with van der Waals surface area (Å²) in [6, 6.07) is 16.2. The standard InChI is InChI=1S/C23H32N4O3/c1-24-23(25-12-17-30-18-19-6-4-5-7-22(19)29-3)27-15-13-26(14-16-27)20-8-10-21(28-2)11-9-20/h4-11H,12-18H2,1-3H3,(H,24,25). The highest BCUT2D eigenvalue weighted by molar-refractivity contribution is 5.80. The van der Waals surface area contributed by atoms with Crippen LogP contribution in [0.3, 0.4) is 0 Å². The van der Waals surface area contributed by atoms with Gasteiger partial charge in [0, 0.05) is 51.0 Å². The normalized spacial score (nSPS) is 14.6. The lowest BCUT2D eigenvalue weighted by molar-refractivity contribution is 0.123. The molecule has 7 heteroatoms. The molecule has 0 saturated carbocycles. The van der Waals surface area contributed by atoms with Gasteiger partial charge >= 0.3 is 0 Å². The van der Waals surface area contributed by atoms with Gasteiger partial charge in [0.2, 0.25) is 0 Å². The summed E-state index contributed by atoms with van der Waals surface area (Å²) in [6.07, 6.45) is 0. The molecule has 1 heterocycles. The number of methoxy groups -OCH3 is 2. The van der Waals surface area contributed by atoms with Gasteiger partial charge in [0.05, 0.1) is 27.4 Å². The van der Waals surface area contributed by atoms with Crippen molar-refractivity contribution in [3.8, 4) is 11.5 Å². The molecule has 1 aliphatic heterocycles. The van der Waals surface area contributed by atoms with E-state index in [1.807, 2.05) is 43.4 Å². The van der Waals surface area contributed by atoms with Crippen LogP contribution in [-0.2, 0) is 11.3 Å². The molecule has 7 nitrogen and oxygen atoms in total. The van der Waals surface area contributed by atoms with Crippen molar-refractivity contribution in [1.29, 1.82) is 0 Å². The lowest BCUT2D eigenvalue weighted by Gasteiger charge is -2.37. The smallest absolute Gasteiger partial charge is 0.193 e. The number of nitrogens with zero attached hydrogens (tertiary/aromatic N) is 3. The van der Waals surface area contributed by atoms with E-state index in [0.29, 0.717) is 19.8 Å². The summed E-state index contributed by atoms with van der Waals surface area (Å²) in [6.45, 7) is 5.60. The third kappa shape index (κ3) is 5.79. The van der Waals surface area contributed by atoms with Crippen LogP contribution in [0.15, 0.2) is 53.5 Å². The first-order valence-electron chi connectivity index (χ1n) is 10.3. The van der Waals surface area contributed by atoms with Gasteiger partial charge in [0.1, 0.15) is 11.5 Å². The number of para-hydroxylation sites is 1. The molecule has 30 heavy (non-hydrogen) atoms. The minimum Gasteiger partial charge on any atom is -0.497 e. The Morgan fingerprint density at radius 3 is 2.37 bits per heavy atom. The third-order valence-electron chi connectivity index (χ3n) is 5.21. The Balaban J connectivity index is 1.39. The molecule has 1 fully saturated rings. The highest BCUT2D eigenvalue weighted by Gasteiger charge is 2.19. The maximum atomic E-state index is 5.80. The van der Waals surface area contributed by atoms with E-state index in [9.17, 15) is 0 Å². The van der Waals surface area contributed by atoms with E-state index in [0.717, 1.165) is 49.2 Å². The summed E-state index contributed by atoms with van der Waals surface area (Å²) in [5.41, 5.74) is 2.28. The number of anilines is 1. The summed E-state index contributed by atoms with van der Waals surface area (Å²) in [5.74, 6) is 2.66. The zero-order valence-electron chi connectivity index (χ0n) is 18.1. The molecule has 0 radical (unpaired) electrons. The minimum absolute atomic E-state index is 0.533. The molecule has 0 spiro atoms. The number of piperazine rings is 1. The summed E-state index contributed by atoms with van der Waals surface area (Å²) in [4.78, 5) is 9.12. The molecule has 1 aliphatic rings. The van der Waals surface area contributed by atoms with E-state index >= 15 is 0 Å². The monoisotopic (exact) mass is 412 g/mol. The zero-order chi connectivity index (χ0) is 21.2. The Hall–Kier alpha value is -2.93. The van der Waals surface area contributed by atoms with E-state index in [1.165, 1.54) is 5.69 Å². The number of guanidine groups is 1. The molecular formula is C23H32N4O3. The topological polar surface area (TPSA) is 58.6 Å². The second-order valence-electron chi connectivity index (χ2n) is 7.01. The predicted molar refractivity (Wildman–Crippen MR) is 121 cm³/mol. The van der Waals surface area contributed by atoms with E-state index in [4.69, 9.17) is 14.2 Å². The Morgan fingerprint density at radius 2 is 1.70 bits per heavy atom. The van der Waals surface area contributed by atoms with Gasteiger partial charge in [-0.05, 0) is 30.3 Å². The largest absolute Gasteiger partial charge is 0.497 e. The van der Waals surface area contributed by atoms with Crippen LogP contribution in [0.5, 0.6) is 11.5 Å². The Bertz CT molecular complexity index is 802. The number of aliphatic imine (C=N–C) groups is 1. The average molecular weight is 413 g/mol.